The van der Waals surface area contributed by atoms with Crippen molar-refractivity contribution < 1.29 is 19.3 Å². The van der Waals surface area contributed by atoms with E-state index in [2.05, 4.69) is 30.4 Å². The summed E-state index contributed by atoms with van der Waals surface area (Å²) >= 11 is 3.51. The highest BCUT2D eigenvalue weighted by Crippen LogP contribution is 2.32. The number of halogens is 1. The predicted molar refractivity (Wildman–Crippen MR) is 163 cm³/mol. The Morgan fingerprint density at radius 1 is 1.02 bits per heavy atom. The number of hydroxylamine groups is 2. The van der Waals surface area contributed by atoms with Crippen molar-refractivity contribution in [2.24, 2.45) is 0 Å². The van der Waals surface area contributed by atoms with Gasteiger partial charge in [-0.2, -0.15) is 5.10 Å². The molecule has 3 heterocycles. The van der Waals surface area contributed by atoms with Gasteiger partial charge in [0.15, 0.2) is 0 Å². The molecule has 12 heteroatoms. The first-order chi connectivity index (χ1) is 20.1. The summed E-state index contributed by atoms with van der Waals surface area (Å²) in [6, 6.07) is 15.0. The molecule has 0 saturated carbocycles. The molecule has 1 fully saturated rings. The molecule has 42 heavy (non-hydrogen) atoms. The summed E-state index contributed by atoms with van der Waals surface area (Å²) in [5.74, 6) is 0. The Morgan fingerprint density at radius 3 is 2.43 bits per heavy atom. The van der Waals surface area contributed by atoms with Gasteiger partial charge >= 0.3 is 6.16 Å². The maximum atomic E-state index is 12.3. The second-order valence-corrected chi connectivity index (χ2v) is 12.5. The number of rotatable bonds is 8. The molecule has 5 rings (SSSR count). The van der Waals surface area contributed by atoms with Gasteiger partial charge in [0, 0.05) is 79.6 Å². The quantitative estimate of drug-likeness (QED) is 0.175. The molecule has 0 N–H and O–H groups in total. The van der Waals surface area contributed by atoms with Crippen LogP contribution in [0.15, 0.2) is 53.0 Å². The van der Waals surface area contributed by atoms with Crippen molar-refractivity contribution in [1.29, 1.82) is 0 Å². The minimum absolute atomic E-state index is 0.158. The van der Waals surface area contributed by atoms with Crippen LogP contribution in [-0.2, 0) is 29.1 Å². The fourth-order valence-corrected chi connectivity index (χ4v) is 5.75. The number of carbonyl (C=O) groups is 1. The number of nitro groups is 1. The summed E-state index contributed by atoms with van der Waals surface area (Å²) < 4.78 is 8.46. The molecule has 0 unspecified atom stereocenters. The van der Waals surface area contributed by atoms with Crippen LogP contribution < -0.4 is 4.90 Å². The van der Waals surface area contributed by atoms with Crippen LogP contribution in [0.3, 0.4) is 0 Å². The lowest BCUT2D eigenvalue weighted by molar-refractivity contribution is -0.384. The second-order valence-electron chi connectivity index (χ2n) is 11.6. The van der Waals surface area contributed by atoms with Crippen LogP contribution in [0.25, 0.3) is 11.3 Å². The topological polar surface area (TPSA) is 106 Å². The molecule has 0 radical (unpaired) electrons. The van der Waals surface area contributed by atoms with Gasteiger partial charge in [0.25, 0.3) is 5.69 Å². The van der Waals surface area contributed by atoms with E-state index >= 15 is 0 Å². The molecule has 0 aliphatic carbocycles. The number of aromatic nitrogens is 2. The summed E-state index contributed by atoms with van der Waals surface area (Å²) in [6.07, 6.45) is 0.929. The summed E-state index contributed by atoms with van der Waals surface area (Å²) in [6.45, 7) is 11.3. The lowest BCUT2D eigenvalue weighted by Gasteiger charge is -2.35. The molecule has 2 aliphatic heterocycles. The van der Waals surface area contributed by atoms with Gasteiger partial charge in [0.05, 0.1) is 17.2 Å². The van der Waals surface area contributed by atoms with Gasteiger partial charge in [-0.05, 0) is 45.4 Å². The van der Waals surface area contributed by atoms with Gasteiger partial charge in [0.2, 0.25) is 0 Å². The van der Waals surface area contributed by atoms with Gasteiger partial charge in [-0.15, -0.1) is 5.06 Å². The zero-order chi connectivity index (χ0) is 29.9. The van der Waals surface area contributed by atoms with Gasteiger partial charge < -0.3 is 14.5 Å². The molecule has 0 atom stereocenters. The third-order valence-corrected chi connectivity index (χ3v) is 7.97. The number of hydrogen-bond donors (Lipinski definition) is 0. The van der Waals surface area contributed by atoms with Crippen LogP contribution in [0, 0.1) is 10.1 Å². The number of para-hydroxylation sites is 2. The molecule has 1 saturated heterocycles. The first-order valence-corrected chi connectivity index (χ1v) is 15.1. The fraction of sp³-hybridized carbons (Fsp3) is 0.467. The standard InChI is InChI=1S/C30H37BrN6O5/c1-30(2,3)41-29(38)42-35-16-13-25-24(21-35)28(22-9-11-23(31)12-10-22)32-36(25)15-6-14-33-17-19-34(20-18-33)26-7-4-5-8-27(26)37(39)40/h4-5,7-12H,6,13-21H2,1-3H3. The van der Waals surface area contributed by atoms with Crippen LogP contribution >= 0.6 is 15.9 Å². The lowest BCUT2D eigenvalue weighted by atomic mass is 10.0. The molecule has 2 aliphatic rings. The Hall–Kier alpha value is -3.48. The monoisotopic (exact) mass is 640 g/mol. The van der Waals surface area contributed by atoms with E-state index in [0.717, 1.165) is 72.7 Å². The molecule has 224 valence electrons. The summed E-state index contributed by atoms with van der Waals surface area (Å²) in [5, 5.41) is 18.1. The number of benzene rings is 2. The molecule has 0 spiro atoms. The number of fused-ring (bicyclic) bond motifs is 1. The average Bonchev–Trinajstić information content (AvgIpc) is 3.30. The van der Waals surface area contributed by atoms with E-state index < -0.39 is 11.8 Å². The Kier molecular flexibility index (Phi) is 9.14. The minimum atomic E-state index is -0.703. The molecule has 3 aromatic rings. The van der Waals surface area contributed by atoms with E-state index in [1.165, 1.54) is 0 Å². The van der Waals surface area contributed by atoms with Gasteiger partial charge in [-0.1, -0.05) is 40.2 Å². The second kappa shape index (κ2) is 12.8. The normalized spacial score (nSPS) is 16.2. The number of aryl methyl sites for hydroxylation is 1. The van der Waals surface area contributed by atoms with Crippen LogP contribution in [0.2, 0.25) is 0 Å². The van der Waals surface area contributed by atoms with Crippen LogP contribution in [-0.4, -0.2) is 75.7 Å². The highest BCUT2D eigenvalue weighted by Gasteiger charge is 2.29. The largest absolute Gasteiger partial charge is 0.528 e. The third kappa shape index (κ3) is 7.29. The number of carbonyl (C=O) groups excluding carboxylic acids is 1. The summed E-state index contributed by atoms with van der Waals surface area (Å²) in [5.41, 5.74) is 4.36. The van der Waals surface area contributed by atoms with Crippen molar-refractivity contribution in [3.63, 3.8) is 0 Å². The first-order valence-electron chi connectivity index (χ1n) is 14.3. The van der Waals surface area contributed by atoms with Crippen molar-refractivity contribution in [2.75, 3.05) is 44.2 Å². The van der Waals surface area contributed by atoms with Crippen molar-refractivity contribution in [2.45, 2.75) is 52.3 Å². The molecule has 1 aromatic heterocycles. The van der Waals surface area contributed by atoms with Gasteiger partial charge in [0.1, 0.15) is 11.3 Å². The van der Waals surface area contributed by atoms with Crippen molar-refractivity contribution in [3.8, 4) is 11.3 Å². The Balaban J connectivity index is 1.23. The van der Waals surface area contributed by atoms with E-state index in [-0.39, 0.29) is 10.6 Å². The molecular formula is C30H37BrN6O5. The summed E-state index contributed by atoms with van der Waals surface area (Å²) in [4.78, 5) is 33.5. The average molecular weight is 642 g/mol. The molecule has 2 aromatic carbocycles. The molecular weight excluding hydrogens is 604 g/mol. The number of ether oxygens (including phenoxy) is 1. The smallest absolute Gasteiger partial charge is 0.427 e. The number of anilines is 1. The van der Waals surface area contributed by atoms with E-state index in [1.807, 2.05) is 57.2 Å². The number of piperazine rings is 1. The number of hydrogen-bond acceptors (Lipinski definition) is 9. The van der Waals surface area contributed by atoms with E-state index in [9.17, 15) is 14.9 Å². The van der Waals surface area contributed by atoms with Crippen molar-refractivity contribution >= 4 is 33.5 Å². The van der Waals surface area contributed by atoms with Gasteiger partial charge in [-0.3, -0.25) is 19.7 Å². The predicted octanol–water partition coefficient (Wildman–Crippen LogP) is 5.66. The number of nitrogens with zero attached hydrogens (tertiary/aromatic N) is 6. The number of nitro benzene ring substituents is 1. The van der Waals surface area contributed by atoms with Crippen molar-refractivity contribution in [1.82, 2.24) is 19.7 Å². The SMILES string of the molecule is CC(C)(C)OC(=O)ON1CCc2c(c(-c3ccc(Br)cc3)nn2CCCN2CCN(c3ccccc3[N+](=O)[O-])CC2)C1. The van der Waals surface area contributed by atoms with Crippen LogP contribution in [0.1, 0.15) is 38.4 Å². The van der Waals surface area contributed by atoms with E-state index in [1.54, 1.807) is 17.2 Å². The third-order valence-electron chi connectivity index (χ3n) is 7.45. The fourth-order valence-electron chi connectivity index (χ4n) is 5.49. The Morgan fingerprint density at radius 2 is 1.74 bits per heavy atom. The first kappa shape index (κ1) is 30.0. The zero-order valence-corrected chi connectivity index (χ0v) is 25.9. The Bertz CT molecular complexity index is 1410. The lowest BCUT2D eigenvalue weighted by Crippen LogP contribution is -2.47. The highest BCUT2D eigenvalue weighted by molar-refractivity contribution is 9.10. The van der Waals surface area contributed by atoms with Crippen LogP contribution in [0.5, 0.6) is 0 Å². The maximum absolute atomic E-state index is 12.3. The molecule has 11 nitrogen and oxygen atoms in total. The molecule has 0 amide bonds. The van der Waals surface area contributed by atoms with Gasteiger partial charge in [-0.25, -0.2) is 4.79 Å². The van der Waals surface area contributed by atoms with Crippen molar-refractivity contribution in [3.05, 3.63) is 74.4 Å². The summed E-state index contributed by atoms with van der Waals surface area (Å²) in [7, 11) is 0. The minimum Gasteiger partial charge on any atom is -0.427 e. The zero-order valence-electron chi connectivity index (χ0n) is 24.3. The Labute approximate surface area is 254 Å². The van der Waals surface area contributed by atoms with Crippen LogP contribution in [0.4, 0.5) is 16.2 Å². The maximum Gasteiger partial charge on any atom is 0.528 e. The highest BCUT2D eigenvalue weighted by atomic mass is 79.9. The van der Waals surface area contributed by atoms with E-state index in [4.69, 9.17) is 14.7 Å². The molecule has 0 bridgehead atoms. The van der Waals surface area contributed by atoms with E-state index in [0.29, 0.717) is 25.2 Å².